The molecule has 6 heteroatoms. The number of carbonyl (C=O) groups excluding carboxylic acids is 1. The van der Waals surface area contributed by atoms with Gasteiger partial charge in [-0.1, -0.05) is 31.9 Å². The Labute approximate surface area is 141 Å². The van der Waals surface area contributed by atoms with Gasteiger partial charge in [-0.15, -0.1) is 0 Å². The van der Waals surface area contributed by atoms with E-state index in [4.69, 9.17) is 28.6 Å². The molecule has 0 fully saturated rings. The normalized spacial score (nSPS) is 10.4. The molecular formula is C16H21ClFNO2S. The first-order chi connectivity index (χ1) is 10.5. The fraction of sp³-hybridized carbons (Fsp3) is 0.500. The zero-order valence-electron chi connectivity index (χ0n) is 12.9. The van der Waals surface area contributed by atoms with Crippen LogP contribution in [0.3, 0.4) is 0 Å². The summed E-state index contributed by atoms with van der Waals surface area (Å²) >= 11 is 11.2. The minimum Gasteiger partial charge on any atom is -0.487 e. The van der Waals surface area contributed by atoms with Gasteiger partial charge >= 0.3 is 0 Å². The van der Waals surface area contributed by atoms with Crippen molar-refractivity contribution in [2.75, 3.05) is 11.9 Å². The van der Waals surface area contributed by atoms with Gasteiger partial charge in [0.15, 0.2) is 5.05 Å². The third kappa shape index (κ3) is 6.28. The standard InChI is InChI=1S/C16H21ClFNO2S/c1-3-5-6-15(20)19-14-8-11(12(17)10-13(14)18)9-16(22)21-7-4-2/h8,10H,3-7,9H2,1-2H3,(H,19,20). The lowest BCUT2D eigenvalue weighted by Gasteiger charge is -2.12. The van der Waals surface area contributed by atoms with Gasteiger partial charge in [0.05, 0.1) is 12.3 Å². The van der Waals surface area contributed by atoms with E-state index in [-0.39, 0.29) is 16.6 Å². The largest absolute Gasteiger partial charge is 0.487 e. The summed E-state index contributed by atoms with van der Waals surface area (Å²) in [6.07, 6.45) is 3.21. The topological polar surface area (TPSA) is 38.3 Å². The maximum atomic E-state index is 13.9. The Kier molecular flexibility index (Phi) is 8.35. The van der Waals surface area contributed by atoms with Crippen molar-refractivity contribution in [2.45, 2.75) is 46.0 Å². The lowest BCUT2D eigenvalue weighted by molar-refractivity contribution is -0.116. The summed E-state index contributed by atoms with van der Waals surface area (Å²) in [5.74, 6) is -0.766. The van der Waals surface area contributed by atoms with Crippen LogP contribution in [0.15, 0.2) is 12.1 Å². The molecule has 0 aromatic heterocycles. The molecule has 122 valence electrons. The maximum Gasteiger partial charge on any atom is 0.224 e. The molecule has 0 aliphatic heterocycles. The van der Waals surface area contributed by atoms with Crippen LogP contribution in [0.2, 0.25) is 5.02 Å². The molecule has 22 heavy (non-hydrogen) atoms. The molecule has 0 aliphatic carbocycles. The van der Waals surface area contributed by atoms with Crippen molar-refractivity contribution < 1.29 is 13.9 Å². The number of hydrogen-bond acceptors (Lipinski definition) is 3. The van der Waals surface area contributed by atoms with Crippen LogP contribution in [0, 0.1) is 5.82 Å². The number of thiocarbonyl (C=S) groups is 1. The van der Waals surface area contributed by atoms with Gasteiger partial charge in [-0.2, -0.15) is 0 Å². The summed E-state index contributed by atoms with van der Waals surface area (Å²) in [5, 5.41) is 3.24. The number of halogens is 2. The molecule has 1 rings (SSSR count). The summed E-state index contributed by atoms with van der Waals surface area (Å²) in [6.45, 7) is 4.52. The van der Waals surface area contributed by atoms with Gasteiger partial charge in [0, 0.05) is 17.9 Å². The second-order valence-electron chi connectivity index (χ2n) is 4.97. The summed E-state index contributed by atoms with van der Waals surface area (Å²) in [5.41, 5.74) is 0.758. The molecule has 1 amide bonds. The van der Waals surface area contributed by atoms with Crippen LogP contribution in [0.1, 0.15) is 45.1 Å². The predicted octanol–water partition coefficient (Wildman–Crippen LogP) is 4.90. The second kappa shape index (κ2) is 9.74. The summed E-state index contributed by atoms with van der Waals surface area (Å²) in [6, 6.07) is 2.71. The van der Waals surface area contributed by atoms with Gasteiger partial charge in [0.25, 0.3) is 0 Å². The third-order valence-electron chi connectivity index (χ3n) is 2.97. The summed E-state index contributed by atoms with van der Waals surface area (Å²) < 4.78 is 19.2. The maximum absolute atomic E-state index is 13.9. The smallest absolute Gasteiger partial charge is 0.224 e. The van der Waals surface area contributed by atoms with Crippen molar-refractivity contribution in [3.05, 3.63) is 28.5 Å². The van der Waals surface area contributed by atoms with Gasteiger partial charge in [0.2, 0.25) is 5.91 Å². The van der Waals surface area contributed by atoms with Crippen molar-refractivity contribution in [3.8, 4) is 0 Å². The molecule has 1 N–H and O–H groups in total. The summed E-state index contributed by atoms with van der Waals surface area (Å²) in [7, 11) is 0. The first-order valence-electron chi connectivity index (χ1n) is 7.41. The van der Waals surface area contributed by atoms with E-state index in [1.165, 1.54) is 12.1 Å². The lowest BCUT2D eigenvalue weighted by Crippen LogP contribution is -2.13. The van der Waals surface area contributed by atoms with E-state index in [1.54, 1.807) is 0 Å². The van der Waals surface area contributed by atoms with Gasteiger partial charge < -0.3 is 10.1 Å². The minimum absolute atomic E-state index is 0.124. The monoisotopic (exact) mass is 345 g/mol. The molecule has 0 aliphatic rings. The number of anilines is 1. The molecule has 0 saturated heterocycles. The number of nitrogens with one attached hydrogen (secondary N) is 1. The number of ether oxygens (including phenoxy) is 1. The van der Waals surface area contributed by atoms with Gasteiger partial charge in [-0.05, 0) is 42.8 Å². The Morgan fingerprint density at radius 3 is 2.73 bits per heavy atom. The third-order valence-corrected chi connectivity index (χ3v) is 3.58. The van der Waals surface area contributed by atoms with Crippen molar-refractivity contribution in [1.82, 2.24) is 0 Å². The lowest BCUT2D eigenvalue weighted by atomic mass is 10.1. The first kappa shape index (κ1) is 18.8. The molecule has 0 radical (unpaired) electrons. The number of hydrogen-bond donors (Lipinski definition) is 1. The quantitative estimate of drug-likeness (QED) is 0.681. The SMILES string of the molecule is CCCCC(=O)Nc1cc(CC(=S)OCCC)c(Cl)cc1F. The molecule has 0 atom stereocenters. The Hall–Kier alpha value is -1.20. The zero-order valence-corrected chi connectivity index (χ0v) is 14.5. The molecule has 1 aromatic carbocycles. The molecule has 1 aromatic rings. The van der Waals surface area contributed by atoms with Crippen molar-refractivity contribution in [2.24, 2.45) is 0 Å². The Bertz CT molecular complexity index is 494. The average Bonchev–Trinajstić information content (AvgIpc) is 2.47. The molecule has 0 saturated carbocycles. The second-order valence-corrected chi connectivity index (χ2v) is 5.83. The highest BCUT2D eigenvalue weighted by Crippen LogP contribution is 2.25. The van der Waals surface area contributed by atoms with Crippen molar-refractivity contribution >= 4 is 40.5 Å². The van der Waals surface area contributed by atoms with Gasteiger partial charge in [0.1, 0.15) is 5.82 Å². The minimum atomic E-state index is -0.556. The van der Waals surface area contributed by atoms with Crippen LogP contribution >= 0.6 is 23.8 Å². The van der Waals surface area contributed by atoms with Gasteiger partial charge in [-0.3, -0.25) is 4.79 Å². The number of amides is 1. The van der Waals surface area contributed by atoms with Crippen molar-refractivity contribution in [3.63, 3.8) is 0 Å². The molecule has 0 spiro atoms. The highest BCUT2D eigenvalue weighted by atomic mass is 35.5. The number of unbranched alkanes of at least 4 members (excludes halogenated alkanes) is 1. The fourth-order valence-corrected chi connectivity index (χ4v) is 2.25. The molecule has 0 heterocycles. The predicted molar refractivity (Wildman–Crippen MR) is 92.1 cm³/mol. The fourth-order valence-electron chi connectivity index (χ4n) is 1.80. The molecule has 0 unspecified atom stereocenters. The Balaban J connectivity index is 2.80. The van der Waals surface area contributed by atoms with E-state index in [1.807, 2.05) is 13.8 Å². The van der Waals surface area contributed by atoms with Crippen LogP contribution in [-0.4, -0.2) is 17.6 Å². The van der Waals surface area contributed by atoms with Crippen LogP contribution in [0.25, 0.3) is 0 Å². The van der Waals surface area contributed by atoms with Crippen LogP contribution in [0.5, 0.6) is 0 Å². The van der Waals surface area contributed by atoms with Gasteiger partial charge in [-0.25, -0.2) is 4.39 Å². The molecule has 3 nitrogen and oxygen atoms in total. The van der Waals surface area contributed by atoms with E-state index < -0.39 is 5.82 Å². The van der Waals surface area contributed by atoms with E-state index in [0.29, 0.717) is 30.1 Å². The van der Waals surface area contributed by atoms with Crippen molar-refractivity contribution in [1.29, 1.82) is 0 Å². The highest BCUT2D eigenvalue weighted by molar-refractivity contribution is 7.80. The molecule has 0 bridgehead atoms. The summed E-state index contributed by atoms with van der Waals surface area (Å²) in [4.78, 5) is 11.7. The zero-order chi connectivity index (χ0) is 16.5. The number of carbonyl (C=O) groups is 1. The van der Waals surface area contributed by atoms with E-state index >= 15 is 0 Å². The van der Waals surface area contributed by atoms with E-state index in [2.05, 4.69) is 5.32 Å². The Morgan fingerprint density at radius 1 is 1.36 bits per heavy atom. The Morgan fingerprint density at radius 2 is 2.09 bits per heavy atom. The van der Waals surface area contributed by atoms with Crippen LogP contribution in [-0.2, 0) is 16.0 Å². The van der Waals surface area contributed by atoms with Crippen LogP contribution < -0.4 is 5.32 Å². The van der Waals surface area contributed by atoms with E-state index in [9.17, 15) is 9.18 Å². The number of rotatable bonds is 8. The average molecular weight is 346 g/mol. The first-order valence-corrected chi connectivity index (χ1v) is 8.19. The van der Waals surface area contributed by atoms with E-state index in [0.717, 1.165) is 19.3 Å². The number of benzene rings is 1. The molecular weight excluding hydrogens is 325 g/mol. The highest BCUT2D eigenvalue weighted by Gasteiger charge is 2.13. The van der Waals surface area contributed by atoms with Crippen LogP contribution in [0.4, 0.5) is 10.1 Å².